The van der Waals surface area contributed by atoms with Crippen LogP contribution in [0.4, 0.5) is 4.79 Å². The number of amides is 2. The number of nitrogens with two attached hydrogens (primary N) is 1. The molecule has 0 radical (unpaired) electrons. The van der Waals surface area contributed by atoms with Gasteiger partial charge in [-0.1, -0.05) is 51.5 Å². The summed E-state index contributed by atoms with van der Waals surface area (Å²) in [5, 5.41) is 4.22. The number of methoxy groups -OCH3 is 1. The van der Waals surface area contributed by atoms with Gasteiger partial charge in [0.05, 0.1) is 7.11 Å². The van der Waals surface area contributed by atoms with Crippen molar-refractivity contribution in [3.05, 3.63) is 35.4 Å². The molecule has 3 N–H and O–H groups in total. The second-order valence-corrected chi connectivity index (χ2v) is 6.22. The van der Waals surface area contributed by atoms with Crippen molar-refractivity contribution >= 4 is 12.0 Å². The Kier molecular flexibility index (Phi) is 7.75. The van der Waals surface area contributed by atoms with Gasteiger partial charge in [0.25, 0.3) is 5.91 Å². The summed E-state index contributed by atoms with van der Waals surface area (Å²) >= 11 is 0. The lowest BCUT2D eigenvalue weighted by molar-refractivity contribution is -0.719. The van der Waals surface area contributed by atoms with Crippen LogP contribution in [0.2, 0.25) is 0 Å². The van der Waals surface area contributed by atoms with Crippen LogP contribution in [0.3, 0.4) is 0 Å². The van der Waals surface area contributed by atoms with Crippen LogP contribution in [0.5, 0.6) is 0 Å². The number of nitrogens with one attached hydrogen (secondary N) is 1. The summed E-state index contributed by atoms with van der Waals surface area (Å²) in [7, 11) is 1.24. The number of quaternary nitrogens is 1. The Bertz CT molecular complexity index is 512. The summed E-state index contributed by atoms with van der Waals surface area (Å²) in [4.78, 5) is 23.1. The molecule has 0 aliphatic rings. The third-order valence-electron chi connectivity index (χ3n) is 3.94. The van der Waals surface area contributed by atoms with Crippen molar-refractivity contribution in [1.82, 2.24) is 5.32 Å². The van der Waals surface area contributed by atoms with Crippen LogP contribution in [0.1, 0.15) is 51.3 Å². The fraction of sp³-hybridized carbons (Fsp3) is 0.556. The van der Waals surface area contributed by atoms with Crippen molar-refractivity contribution in [3.63, 3.8) is 0 Å². The normalized spacial score (nSPS) is 13.5. The summed E-state index contributed by atoms with van der Waals surface area (Å²) in [5.74, 6) is 0.0190. The van der Waals surface area contributed by atoms with E-state index in [1.165, 1.54) is 18.2 Å². The molecule has 2 atom stereocenters. The van der Waals surface area contributed by atoms with E-state index in [9.17, 15) is 9.59 Å². The number of alkyl carbamates (subject to hydrolysis) is 1. The van der Waals surface area contributed by atoms with E-state index in [1.807, 2.05) is 5.32 Å². The van der Waals surface area contributed by atoms with Gasteiger partial charge in [-0.2, -0.15) is 0 Å². The van der Waals surface area contributed by atoms with Gasteiger partial charge >= 0.3 is 6.09 Å². The zero-order chi connectivity index (χ0) is 17.4. The lowest BCUT2D eigenvalue weighted by atomic mass is 9.94. The van der Waals surface area contributed by atoms with Crippen LogP contribution >= 0.6 is 0 Å². The molecule has 0 saturated heterocycles. The van der Waals surface area contributed by atoms with Crippen LogP contribution in [0.25, 0.3) is 0 Å². The quantitative estimate of drug-likeness (QED) is 0.808. The van der Waals surface area contributed by atoms with Gasteiger partial charge in [0.15, 0.2) is 6.04 Å². The number of hydrogen-bond donors (Lipinski definition) is 2. The Labute approximate surface area is 138 Å². The Morgan fingerprint density at radius 1 is 1.17 bits per heavy atom. The molecule has 1 aromatic carbocycles. The number of benzene rings is 1. The smallest absolute Gasteiger partial charge is 0.413 e. The summed E-state index contributed by atoms with van der Waals surface area (Å²) in [6.45, 7) is 8.22. The van der Waals surface area contributed by atoms with Crippen molar-refractivity contribution in [2.45, 2.75) is 52.6 Å². The van der Waals surface area contributed by atoms with Gasteiger partial charge < -0.3 is 10.1 Å². The molecule has 1 aromatic rings. The molecular weight excluding hydrogens is 292 g/mol. The molecule has 0 fully saturated rings. The van der Waals surface area contributed by atoms with Crippen LogP contribution in [-0.2, 0) is 16.0 Å². The number of ether oxygens (including phenoxy) is 1. The maximum Gasteiger partial charge on any atom is 0.413 e. The molecule has 23 heavy (non-hydrogen) atoms. The average Bonchev–Trinajstić information content (AvgIpc) is 2.53. The van der Waals surface area contributed by atoms with Crippen LogP contribution in [0.15, 0.2) is 24.3 Å². The first-order valence-electron chi connectivity index (χ1n) is 8.21. The van der Waals surface area contributed by atoms with Gasteiger partial charge in [-0.25, -0.2) is 4.79 Å². The second-order valence-electron chi connectivity index (χ2n) is 6.22. The van der Waals surface area contributed by atoms with Gasteiger partial charge in [0, 0.05) is 11.5 Å². The Balaban J connectivity index is 2.78. The van der Waals surface area contributed by atoms with E-state index in [0.29, 0.717) is 5.92 Å². The zero-order valence-electron chi connectivity index (χ0n) is 14.8. The fourth-order valence-electron chi connectivity index (χ4n) is 2.58. The number of carbonyl (C=O) groups excluding carboxylic acids is 2. The van der Waals surface area contributed by atoms with Crippen LogP contribution in [-0.4, -0.2) is 25.2 Å². The second kappa shape index (κ2) is 9.30. The van der Waals surface area contributed by atoms with Crippen LogP contribution < -0.4 is 10.6 Å². The highest BCUT2D eigenvalue weighted by atomic mass is 16.5. The molecule has 0 aromatic heterocycles. The predicted octanol–water partition coefficient (Wildman–Crippen LogP) is 2.17. The van der Waals surface area contributed by atoms with E-state index in [2.05, 4.69) is 55.1 Å². The molecule has 2 amide bonds. The maximum atomic E-state index is 12.0. The fourth-order valence-corrected chi connectivity index (χ4v) is 2.58. The molecule has 0 saturated carbocycles. The van der Waals surface area contributed by atoms with Gasteiger partial charge in [0.2, 0.25) is 0 Å². The highest BCUT2D eigenvalue weighted by molar-refractivity contribution is 5.93. The van der Waals surface area contributed by atoms with E-state index in [4.69, 9.17) is 0 Å². The third-order valence-corrected chi connectivity index (χ3v) is 3.94. The van der Waals surface area contributed by atoms with E-state index in [-0.39, 0.29) is 18.0 Å². The third kappa shape index (κ3) is 6.02. The summed E-state index contributed by atoms with van der Waals surface area (Å²) in [6, 6.07) is 8.36. The minimum atomic E-state index is -0.722. The molecule has 0 unspecified atom stereocenters. The van der Waals surface area contributed by atoms with Crippen molar-refractivity contribution in [2.75, 3.05) is 7.11 Å². The van der Waals surface area contributed by atoms with Gasteiger partial charge in [-0.05, 0) is 18.9 Å². The zero-order valence-corrected chi connectivity index (χ0v) is 14.8. The van der Waals surface area contributed by atoms with E-state index < -0.39 is 6.09 Å². The number of imide groups is 1. The lowest BCUT2D eigenvalue weighted by Crippen LogP contribution is -2.93. The van der Waals surface area contributed by atoms with Crippen LogP contribution in [0, 0.1) is 5.92 Å². The highest BCUT2D eigenvalue weighted by Crippen LogP contribution is 2.19. The molecule has 0 bridgehead atoms. The van der Waals surface area contributed by atoms with Crippen molar-refractivity contribution < 1.29 is 19.6 Å². The molecule has 5 heteroatoms. The summed E-state index contributed by atoms with van der Waals surface area (Å²) < 4.78 is 4.46. The van der Waals surface area contributed by atoms with Crippen molar-refractivity contribution in [1.29, 1.82) is 0 Å². The molecular formula is C18H29N2O3+. The van der Waals surface area contributed by atoms with E-state index in [0.717, 1.165) is 12.8 Å². The molecule has 128 valence electrons. The van der Waals surface area contributed by atoms with Crippen molar-refractivity contribution in [3.8, 4) is 0 Å². The van der Waals surface area contributed by atoms with E-state index in [1.54, 1.807) is 6.92 Å². The Morgan fingerprint density at radius 2 is 1.78 bits per heavy atom. The highest BCUT2D eigenvalue weighted by Gasteiger charge is 2.26. The van der Waals surface area contributed by atoms with Gasteiger partial charge in [0.1, 0.15) is 6.04 Å². The molecule has 0 aliphatic heterocycles. The number of aryl methyl sites for hydroxylation is 1. The van der Waals surface area contributed by atoms with Gasteiger partial charge in [-0.15, -0.1) is 0 Å². The molecule has 0 aliphatic carbocycles. The van der Waals surface area contributed by atoms with Crippen molar-refractivity contribution in [2.24, 2.45) is 5.92 Å². The summed E-state index contributed by atoms with van der Waals surface area (Å²) in [5.41, 5.74) is 2.52. The monoisotopic (exact) mass is 321 g/mol. The molecule has 0 heterocycles. The topological polar surface area (TPSA) is 72.0 Å². The minimum absolute atomic E-state index is 0.157. The number of rotatable bonds is 7. The standard InChI is InChI=1S/C18H28N2O3/c1-6-7-14-8-10-15(11-9-14)16(12(2)3)19-13(4)17(21)20-18(22)23-5/h8-13,16,19H,6-7H2,1-5H3,(H,20,21,22)/p+1/t13-,16+/m1/s1. The Morgan fingerprint density at radius 3 is 2.26 bits per heavy atom. The number of carbonyl (C=O) groups is 2. The number of hydrogen-bond acceptors (Lipinski definition) is 3. The lowest BCUT2D eigenvalue weighted by Gasteiger charge is -2.23. The SMILES string of the molecule is CCCc1ccc([C@@H]([NH2+][C@H](C)C(=O)NC(=O)OC)C(C)C)cc1. The predicted molar refractivity (Wildman–Crippen MR) is 90.0 cm³/mol. The first-order chi connectivity index (χ1) is 10.9. The maximum absolute atomic E-state index is 12.0. The summed E-state index contributed by atoms with van der Waals surface area (Å²) in [6.07, 6.45) is 1.48. The molecule has 0 spiro atoms. The van der Waals surface area contributed by atoms with Gasteiger partial charge in [-0.3, -0.25) is 10.1 Å². The largest absolute Gasteiger partial charge is 0.453 e. The Hall–Kier alpha value is -1.88. The molecule has 5 nitrogen and oxygen atoms in total. The minimum Gasteiger partial charge on any atom is -0.453 e. The van der Waals surface area contributed by atoms with E-state index >= 15 is 0 Å². The average molecular weight is 321 g/mol. The molecule has 1 rings (SSSR count). The first-order valence-corrected chi connectivity index (χ1v) is 8.21. The first kappa shape index (κ1) is 19.2.